The number of carbonyl (C=O) groups excluding carboxylic acids is 1. The van der Waals surface area contributed by atoms with Crippen LogP contribution in [0.5, 0.6) is 0 Å². The molecule has 1 aromatic rings. The molecule has 110 valence electrons. The van der Waals surface area contributed by atoms with Crippen LogP contribution in [0.1, 0.15) is 5.56 Å². The summed E-state index contributed by atoms with van der Waals surface area (Å²) in [6.45, 7) is 4.05. The van der Waals surface area contributed by atoms with Gasteiger partial charge in [0.25, 0.3) is 0 Å². The van der Waals surface area contributed by atoms with Gasteiger partial charge in [-0.05, 0) is 24.1 Å². The first-order chi connectivity index (χ1) is 9.66. The number of anilines is 1. The predicted octanol–water partition coefficient (Wildman–Crippen LogP) is 0.910. The lowest BCUT2D eigenvalue weighted by atomic mass is 10.1. The van der Waals surface area contributed by atoms with Crippen LogP contribution in [-0.4, -0.2) is 57.8 Å². The molecule has 20 heavy (non-hydrogen) atoms. The van der Waals surface area contributed by atoms with E-state index in [2.05, 4.69) is 39.8 Å². The van der Waals surface area contributed by atoms with Crippen LogP contribution in [0.3, 0.4) is 0 Å². The highest BCUT2D eigenvalue weighted by atomic mass is 16.2. The van der Waals surface area contributed by atoms with Gasteiger partial charge >= 0.3 is 6.03 Å². The van der Waals surface area contributed by atoms with E-state index in [1.54, 1.807) is 0 Å². The van der Waals surface area contributed by atoms with Crippen molar-refractivity contribution in [1.82, 2.24) is 15.5 Å². The predicted molar refractivity (Wildman–Crippen MR) is 82.3 cm³/mol. The van der Waals surface area contributed by atoms with Crippen molar-refractivity contribution < 1.29 is 4.79 Å². The zero-order valence-electron chi connectivity index (χ0n) is 12.4. The number of hydrogen-bond acceptors (Lipinski definition) is 3. The van der Waals surface area contributed by atoms with Gasteiger partial charge in [0.2, 0.25) is 0 Å². The van der Waals surface area contributed by atoms with Gasteiger partial charge in [-0.3, -0.25) is 0 Å². The third-order valence-electron chi connectivity index (χ3n) is 3.55. The standard InChI is InChI=1S/C15H24N4O/c1-18(2)14-5-3-13(4-6-14)7-8-17-15(20)19-11-9-16-10-12-19/h3-6,16H,7-12H2,1-2H3,(H,17,20). The molecule has 0 aliphatic carbocycles. The summed E-state index contributed by atoms with van der Waals surface area (Å²) in [6, 6.07) is 8.50. The number of urea groups is 1. The summed E-state index contributed by atoms with van der Waals surface area (Å²) < 4.78 is 0. The summed E-state index contributed by atoms with van der Waals surface area (Å²) in [7, 11) is 4.06. The van der Waals surface area contributed by atoms with Crippen LogP contribution in [0.15, 0.2) is 24.3 Å². The van der Waals surface area contributed by atoms with E-state index in [0.717, 1.165) is 32.6 Å². The summed E-state index contributed by atoms with van der Waals surface area (Å²) in [4.78, 5) is 15.9. The van der Waals surface area contributed by atoms with E-state index in [0.29, 0.717) is 6.54 Å². The van der Waals surface area contributed by atoms with Gasteiger partial charge in [-0.15, -0.1) is 0 Å². The molecule has 0 radical (unpaired) electrons. The first kappa shape index (κ1) is 14.7. The van der Waals surface area contributed by atoms with Crippen molar-refractivity contribution in [1.29, 1.82) is 0 Å². The van der Waals surface area contributed by atoms with Crippen molar-refractivity contribution in [2.75, 3.05) is 51.7 Å². The Hall–Kier alpha value is -1.75. The molecule has 1 aliphatic heterocycles. The van der Waals surface area contributed by atoms with Crippen LogP contribution in [-0.2, 0) is 6.42 Å². The zero-order valence-corrected chi connectivity index (χ0v) is 12.4. The van der Waals surface area contributed by atoms with Gasteiger partial charge in [0.15, 0.2) is 0 Å². The molecule has 0 bridgehead atoms. The highest BCUT2D eigenvalue weighted by molar-refractivity contribution is 5.74. The topological polar surface area (TPSA) is 47.6 Å². The lowest BCUT2D eigenvalue weighted by molar-refractivity contribution is 0.190. The fraction of sp³-hybridized carbons (Fsp3) is 0.533. The SMILES string of the molecule is CN(C)c1ccc(CCNC(=O)N2CCNCC2)cc1. The van der Waals surface area contributed by atoms with Crippen LogP contribution < -0.4 is 15.5 Å². The van der Waals surface area contributed by atoms with Crippen LogP contribution in [0.2, 0.25) is 0 Å². The second kappa shape index (κ2) is 7.14. The first-order valence-corrected chi connectivity index (χ1v) is 7.16. The molecule has 0 unspecified atom stereocenters. The molecule has 2 N–H and O–H groups in total. The van der Waals surface area contributed by atoms with Crippen molar-refractivity contribution in [3.8, 4) is 0 Å². The molecule has 0 aromatic heterocycles. The third-order valence-corrected chi connectivity index (χ3v) is 3.55. The second-order valence-electron chi connectivity index (χ2n) is 5.28. The van der Waals surface area contributed by atoms with Crippen molar-refractivity contribution >= 4 is 11.7 Å². The summed E-state index contributed by atoms with van der Waals surface area (Å²) in [6.07, 6.45) is 0.867. The van der Waals surface area contributed by atoms with E-state index < -0.39 is 0 Å². The van der Waals surface area contributed by atoms with Gasteiger partial charge in [0, 0.05) is 52.5 Å². The Bertz CT molecular complexity index is 424. The fourth-order valence-electron chi connectivity index (χ4n) is 2.25. The minimum absolute atomic E-state index is 0.0522. The Kier molecular flexibility index (Phi) is 5.24. The quantitative estimate of drug-likeness (QED) is 0.859. The minimum atomic E-state index is 0.0522. The number of nitrogens with zero attached hydrogens (tertiary/aromatic N) is 2. The lowest BCUT2D eigenvalue weighted by Crippen LogP contribution is -2.50. The maximum absolute atomic E-state index is 11.9. The molecule has 1 saturated heterocycles. The van der Waals surface area contributed by atoms with E-state index >= 15 is 0 Å². The molecule has 1 fully saturated rings. The molecule has 1 aliphatic rings. The highest BCUT2D eigenvalue weighted by Gasteiger charge is 2.14. The van der Waals surface area contributed by atoms with Crippen LogP contribution in [0.4, 0.5) is 10.5 Å². The van der Waals surface area contributed by atoms with Crippen molar-refractivity contribution in [3.05, 3.63) is 29.8 Å². The van der Waals surface area contributed by atoms with E-state index in [9.17, 15) is 4.79 Å². The van der Waals surface area contributed by atoms with Crippen LogP contribution in [0, 0.1) is 0 Å². The van der Waals surface area contributed by atoms with Crippen LogP contribution >= 0.6 is 0 Å². The van der Waals surface area contributed by atoms with Crippen molar-refractivity contribution in [2.24, 2.45) is 0 Å². The number of amides is 2. The number of benzene rings is 1. The molecule has 0 spiro atoms. The summed E-state index contributed by atoms with van der Waals surface area (Å²) in [5.74, 6) is 0. The first-order valence-electron chi connectivity index (χ1n) is 7.16. The summed E-state index contributed by atoms with van der Waals surface area (Å²) >= 11 is 0. The van der Waals surface area contributed by atoms with Crippen LogP contribution in [0.25, 0.3) is 0 Å². The second-order valence-corrected chi connectivity index (χ2v) is 5.28. The molecule has 2 rings (SSSR count). The van der Waals surface area contributed by atoms with Gasteiger partial charge in [0.05, 0.1) is 0 Å². The summed E-state index contributed by atoms with van der Waals surface area (Å²) in [5.41, 5.74) is 2.44. The Labute approximate surface area is 120 Å². The van der Waals surface area contributed by atoms with Gasteiger partial charge in [-0.25, -0.2) is 4.79 Å². The van der Waals surface area contributed by atoms with E-state index in [1.807, 2.05) is 19.0 Å². The fourth-order valence-corrected chi connectivity index (χ4v) is 2.25. The van der Waals surface area contributed by atoms with Gasteiger partial charge in [-0.2, -0.15) is 0 Å². The Morgan fingerprint density at radius 1 is 1.25 bits per heavy atom. The number of hydrogen-bond donors (Lipinski definition) is 2. The number of carbonyl (C=O) groups is 1. The maximum atomic E-state index is 11.9. The average molecular weight is 276 g/mol. The lowest BCUT2D eigenvalue weighted by Gasteiger charge is -2.27. The molecule has 0 atom stereocenters. The normalized spacial score (nSPS) is 15.0. The monoisotopic (exact) mass is 276 g/mol. The van der Waals surface area contributed by atoms with E-state index in [4.69, 9.17) is 0 Å². The number of rotatable bonds is 4. The molecular formula is C15H24N4O. The molecule has 1 heterocycles. The third kappa shape index (κ3) is 4.13. The minimum Gasteiger partial charge on any atom is -0.378 e. The van der Waals surface area contributed by atoms with Gasteiger partial charge < -0.3 is 20.4 Å². The van der Waals surface area contributed by atoms with E-state index in [-0.39, 0.29) is 6.03 Å². The zero-order chi connectivity index (χ0) is 14.4. The van der Waals surface area contributed by atoms with Gasteiger partial charge in [-0.1, -0.05) is 12.1 Å². The molecule has 1 aromatic carbocycles. The Morgan fingerprint density at radius 2 is 1.90 bits per heavy atom. The molecular weight excluding hydrogens is 252 g/mol. The molecule has 2 amide bonds. The average Bonchev–Trinajstić information content (AvgIpc) is 2.48. The maximum Gasteiger partial charge on any atom is 0.317 e. The Balaban J connectivity index is 1.73. The molecule has 0 saturated carbocycles. The van der Waals surface area contributed by atoms with Crippen molar-refractivity contribution in [2.45, 2.75) is 6.42 Å². The van der Waals surface area contributed by atoms with Crippen molar-refractivity contribution in [3.63, 3.8) is 0 Å². The van der Waals surface area contributed by atoms with Gasteiger partial charge in [0.1, 0.15) is 0 Å². The number of nitrogens with one attached hydrogen (secondary N) is 2. The highest BCUT2D eigenvalue weighted by Crippen LogP contribution is 2.12. The molecule has 5 nitrogen and oxygen atoms in total. The van der Waals surface area contributed by atoms with E-state index in [1.165, 1.54) is 11.3 Å². The number of piperazine rings is 1. The smallest absolute Gasteiger partial charge is 0.317 e. The summed E-state index contributed by atoms with van der Waals surface area (Å²) in [5, 5.41) is 6.23. The molecule has 5 heteroatoms. The largest absolute Gasteiger partial charge is 0.378 e. The Morgan fingerprint density at radius 3 is 2.50 bits per heavy atom.